The van der Waals surface area contributed by atoms with Crippen LogP contribution in [0.2, 0.25) is 0 Å². The van der Waals surface area contributed by atoms with Crippen molar-refractivity contribution >= 4 is 11.6 Å². The Morgan fingerprint density at radius 2 is 2.14 bits per heavy atom. The molecule has 21 heavy (non-hydrogen) atoms. The summed E-state index contributed by atoms with van der Waals surface area (Å²) >= 11 is 0. The molecular formula is C16H22N2O3. The lowest BCUT2D eigenvalue weighted by molar-refractivity contribution is -0.117. The van der Waals surface area contributed by atoms with Gasteiger partial charge in [-0.3, -0.25) is 4.79 Å². The molecule has 2 aliphatic rings. The van der Waals surface area contributed by atoms with Crippen molar-refractivity contribution in [3.05, 3.63) is 18.2 Å². The molecule has 1 fully saturated rings. The van der Waals surface area contributed by atoms with E-state index in [2.05, 4.69) is 17.3 Å². The topological polar surface area (TPSA) is 50.8 Å². The lowest BCUT2D eigenvalue weighted by atomic mass is 10.0. The molecule has 0 saturated carbocycles. The van der Waals surface area contributed by atoms with E-state index >= 15 is 0 Å². The number of likely N-dealkylation sites (tertiary alicyclic amines) is 1. The largest absolute Gasteiger partial charge is 0.490 e. The van der Waals surface area contributed by atoms with Crippen LogP contribution < -0.4 is 14.8 Å². The van der Waals surface area contributed by atoms with E-state index < -0.39 is 0 Å². The highest BCUT2D eigenvalue weighted by atomic mass is 16.5. The van der Waals surface area contributed by atoms with E-state index in [1.807, 2.05) is 18.2 Å². The average Bonchev–Trinajstić information content (AvgIpc) is 2.73. The van der Waals surface area contributed by atoms with E-state index in [4.69, 9.17) is 9.47 Å². The standard InChI is InChI=1S/C16H22N2O3/c1-18-6-5-12(11-18)9-16(19)17-13-3-4-14-15(10-13)21-8-2-7-20-14/h3-4,10,12H,2,5-9,11H2,1H3,(H,17,19)/t12-/m0/s1. The van der Waals surface area contributed by atoms with Gasteiger partial charge < -0.3 is 19.7 Å². The Morgan fingerprint density at radius 3 is 2.90 bits per heavy atom. The molecule has 0 spiro atoms. The lowest BCUT2D eigenvalue weighted by Gasteiger charge is -2.12. The van der Waals surface area contributed by atoms with Crippen molar-refractivity contribution in [3.63, 3.8) is 0 Å². The van der Waals surface area contributed by atoms with E-state index in [9.17, 15) is 4.79 Å². The smallest absolute Gasteiger partial charge is 0.224 e. The maximum Gasteiger partial charge on any atom is 0.224 e. The molecule has 0 unspecified atom stereocenters. The zero-order valence-corrected chi connectivity index (χ0v) is 12.4. The van der Waals surface area contributed by atoms with Crippen molar-refractivity contribution in [1.29, 1.82) is 0 Å². The number of nitrogens with zero attached hydrogens (tertiary/aromatic N) is 1. The van der Waals surface area contributed by atoms with Crippen LogP contribution in [0.15, 0.2) is 18.2 Å². The highest BCUT2D eigenvalue weighted by molar-refractivity contribution is 5.91. The van der Waals surface area contributed by atoms with Gasteiger partial charge in [-0.1, -0.05) is 0 Å². The molecule has 0 aliphatic carbocycles. The van der Waals surface area contributed by atoms with Crippen molar-refractivity contribution in [2.24, 2.45) is 5.92 Å². The van der Waals surface area contributed by atoms with E-state index in [0.29, 0.717) is 31.3 Å². The number of hydrogen-bond acceptors (Lipinski definition) is 4. The van der Waals surface area contributed by atoms with Crippen molar-refractivity contribution in [2.75, 3.05) is 38.7 Å². The maximum atomic E-state index is 12.1. The summed E-state index contributed by atoms with van der Waals surface area (Å²) in [5.41, 5.74) is 0.774. The Balaban J connectivity index is 1.59. The first-order valence-corrected chi connectivity index (χ1v) is 7.59. The fraction of sp³-hybridized carbons (Fsp3) is 0.562. The van der Waals surface area contributed by atoms with Gasteiger partial charge in [0.25, 0.3) is 0 Å². The van der Waals surface area contributed by atoms with Crippen LogP contribution in [0.25, 0.3) is 0 Å². The predicted molar refractivity (Wildman–Crippen MR) is 80.9 cm³/mol. The predicted octanol–water partition coefficient (Wildman–Crippen LogP) is 2.13. The highest BCUT2D eigenvalue weighted by Crippen LogP contribution is 2.32. The normalized spacial score (nSPS) is 21.9. The first kappa shape index (κ1) is 14.2. The second-order valence-corrected chi connectivity index (χ2v) is 5.88. The van der Waals surface area contributed by atoms with Crippen LogP contribution in [0.3, 0.4) is 0 Å². The number of hydrogen-bond donors (Lipinski definition) is 1. The van der Waals surface area contributed by atoms with Crippen molar-refractivity contribution in [3.8, 4) is 11.5 Å². The minimum absolute atomic E-state index is 0.0739. The molecule has 2 aliphatic heterocycles. The number of anilines is 1. The van der Waals surface area contributed by atoms with Crippen LogP contribution in [0.1, 0.15) is 19.3 Å². The first-order chi connectivity index (χ1) is 10.2. The van der Waals surface area contributed by atoms with Gasteiger partial charge in [-0.05, 0) is 38.1 Å². The number of rotatable bonds is 3. The van der Waals surface area contributed by atoms with Crippen LogP contribution in [0, 0.1) is 5.92 Å². The average molecular weight is 290 g/mol. The van der Waals surface area contributed by atoms with E-state index in [-0.39, 0.29) is 5.91 Å². The van der Waals surface area contributed by atoms with Crippen LogP contribution in [0.5, 0.6) is 11.5 Å². The molecule has 3 rings (SSSR count). The second-order valence-electron chi connectivity index (χ2n) is 5.88. The zero-order valence-electron chi connectivity index (χ0n) is 12.4. The summed E-state index contributed by atoms with van der Waals surface area (Å²) in [6, 6.07) is 5.57. The number of benzene rings is 1. The molecule has 114 valence electrons. The van der Waals surface area contributed by atoms with Gasteiger partial charge >= 0.3 is 0 Å². The van der Waals surface area contributed by atoms with Gasteiger partial charge in [0.2, 0.25) is 5.91 Å². The summed E-state index contributed by atoms with van der Waals surface area (Å²) in [6.07, 6.45) is 2.56. The Hall–Kier alpha value is -1.75. The maximum absolute atomic E-state index is 12.1. The Kier molecular flexibility index (Phi) is 4.29. The van der Waals surface area contributed by atoms with Gasteiger partial charge in [0.1, 0.15) is 0 Å². The minimum atomic E-state index is 0.0739. The van der Waals surface area contributed by atoms with Gasteiger partial charge in [0, 0.05) is 31.1 Å². The number of carbonyl (C=O) groups excluding carboxylic acids is 1. The minimum Gasteiger partial charge on any atom is -0.490 e. The summed E-state index contributed by atoms with van der Waals surface area (Å²) in [6.45, 7) is 3.42. The second kappa shape index (κ2) is 6.35. The van der Waals surface area contributed by atoms with Gasteiger partial charge in [-0.15, -0.1) is 0 Å². The number of nitrogens with one attached hydrogen (secondary N) is 1. The summed E-state index contributed by atoms with van der Waals surface area (Å²) < 4.78 is 11.2. The molecule has 0 radical (unpaired) electrons. The van der Waals surface area contributed by atoms with Crippen LogP contribution in [0.4, 0.5) is 5.69 Å². The Labute approximate surface area is 125 Å². The highest BCUT2D eigenvalue weighted by Gasteiger charge is 2.22. The third kappa shape index (κ3) is 3.67. The third-order valence-corrected chi connectivity index (χ3v) is 3.99. The summed E-state index contributed by atoms with van der Waals surface area (Å²) in [4.78, 5) is 14.4. The molecule has 2 heterocycles. The molecular weight excluding hydrogens is 268 g/mol. The van der Waals surface area contributed by atoms with Crippen molar-refractivity contribution in [1.82, 2.24) is 4.90 Å². The third-order valence-electron chi connectivity index (χ3n) is 3.99. The van der Waals surface area contributed by atoms with Crippen LogP contribution in [-0.2, 0) is 4.79 Å². The monoisotopic (exact) mass is 290 g/mol. The molecule has 0 bridgehead atoms. The molecule has 5 nitrogen and oxygen atoms in total. The summed E-state index contributed by atoms with van der Waals surface area (Å²) in [5, 5.41) is 2.96. The van der Waals surface area contributed by atoms with Crippen LogP contribution >= 0.6 is 0 Å². The number of carbonyl (C=O) groups is 1. The number of ether oxygens (including phenoxy) is 2. The number of fused-ring (bicyclic) bond motifs is 1. The van der Waals surface area contributed by atoms with Gasteiger partial charge in [0.05, 0.1) is 13.2 Å². The molecule has 1 aromatic carbocycles. The molecule has 5 heteroatoms. The molecule has 1 amide bonds. The molecule has 1 saturated heterocycles. The van der Waals surface area contributed by atoms with Crippen LogP contribution in [-0.4, -0.2) is 44.2 Å². The quantitative estimate of drug-likeness (QED) is 0.926. The fourth-order valence-corrected chi connectivity index (χ4v) is 2.91. The zero-order chi connectivity index (χ0) is 14.7. The van der Waals surface area contributed by atoms with E-state index in [0.717, 1.165) is 37.4 Å². The lowest BCUT2D eigenvalue weighted by Crippen LogP contribution is -2.19. The summed E-state index contributed by atoms with van der Waals surface area (Å²) in [7, 11) is 2.10. The van der Waals surface area contributed by atoms with E-state index in [1.165, 1.54) is 0 Å². The Morgan fingerprint density at radius 1 is 1.33 bits per heavy atom. The molecule has 1 atom stereocenters. The van der Waals surface area contributed by atoms with Crippen molar-refractivity contribution < 1.29 is 14.3 Å². The molecule has 1 N–H and O–H groups in total. The van der Waals surface area contributed by atoms with Crippen molar-refractivity contribution in [2.45, 2.75) is 19.3 Å². The molecule has 0 aromatic heterocycles. The first-order valence-electron chi connectivity index (χ1n) is 7.59. The number of amides is 1. The summed E-state index contributed by atoms with van der Waals surface area (Å²) in [5.74, 6) is 2.01. The SMILES string of the molecule is CN1CC[C@@H](CC(=O)Nc2ccc3c(c2)OCCCO3)C1. The van der Waals surface area contributed by atoms with Gasteiger partial charge in [-0.2, -0.15) is 0 Å². The van der Waals surface area contributed by atoms with Gasteiger partial charge in [-0.25, -0.2) is 0 Å². The molecule has 1 aromatic rings. The Bertz CT molecular complexity index is 518. The fourth-order valence-electron chi connectivity index (χ4n) is 2.91. The van der Waals surface area contributed by atoms with E-state index in [1.54, 1.807) is 0 Å². The van der Waals surface area contributed by atoms with Gasteiger partial charge in [0.15, 0.2) is 11.5 Å².